The molecule has 0 amide bonds. The molecule has 0 fully saturated rings. The highest BCUT2D eigenvalue weighted by atomic mass is 35.5. The van der Waals surface area contributed by atoms with E-state index in [1.165, 1.54) is 0 Å². The highest BCUT2D eigenvalue weighted by molar-refractivity contribution is 6.36. The van der Waals surface area contributed by atoms with Crippen molar-refractivity contribution in [3.63, 3.8) is 0 Å². The molecule has 154 valence electrons. The zero-order chi connectivity index (χ0) is 21.3. The van der Waals surface area contributed by atoms with E-state index in [0.29, 0.717) is 29.0 Å². The lowest BCUT2D eigenvalue weighted by atomic mass is 10.0. The summed E-state index contributed by atoms with van der Waals surface area (Å²) in [5.74, 6) is 0.0827. The zero-order valence-corrected chi connectivity index (χ0v) is 18.0. The Balaban J connectivity index is 1.67. The maximum atomic E-state index is 11.6. The molecule has 4 rings (SSSR count). The fraction of sp³-hybridized carbons (Fsp3) is 0.238. The highest BCUT2D eigenvalue weighted by Crippen LogP contribution is 2.35. The number of fused-ring (bicyclic) bond motifs is 1. The highest BCUT2D eigenvalue weighted by Gasteiger charge is 2.16. The molecule has 0 N–H and O–H groups in total. The Morgan fingerprint density at radius 1 is 1.13 bits per heavy atom. The van der Waals surface area contributed by atoms with Crippen LogP contribution in [-0.4, -0.2) is 37.1 Å². The number of benzene rings is 2. The van der Waals surface area contributed by atoms with Crippen molar-refractivity contribution in [2.45, 2.75) is 19.9 Å². The summed E-state index contributed by atoms with van der Waals surface area (Å²) in [5.41, 5.74) is 3.60. The Labute approximate surface area is 183 Å². The molecule has 2 aromatic carbocycles. The van der Waals surface area contributed by atoms with Crippen molar-refractivity contribution in [2.75, 3.05) is 6.61 Å². The molecule has 9 heteroatoms. The summed E-state index contributed by atoms with van der Waals surface area (Å²) in [6, 6.07) is 11.4. The maximum Gasteiger partial charge on any atom is 0.313 e. The van der Waals surface area contributed by atoms with Gasteiger partial charge >= 0.3 is 5.97 Å². The number of esters is 1. The Bertz CT molecular complexity index is 1230. The molecule has 2 aromatic heterocycles. The van der Waals surface area contributed by atoms with Gasteiger partial charge in [-0.15, -0.1) is 0 Å². The molecule has 0 aliphatic rings. The molecule has 0 aliphatic heterocycles. The lowest BCUT2D eigenvalue weighted by molar-refractivity contribution is -0.142. The van der Waals surface area contributed by atoms with Crippen LogP contribution in [0.25, 0.3) is 22.0 Å². The summed E-state index contributed by atoms with van der Waals surface area (Å²) < 4.78 is 8.46. The smallest absolute Gasteiger partial charge is 0.313 e. The molecule has 0 spiro atoms. The van der Waals surface area contributed by atoms with E-state index in [4.69, 9.17) is 33.0 Å². The molecule has 2 heterocycles. The minimum absolute atomic E-state index is 0.0478. The van der Waals surface area contributed by atoms with Crippen LogP contribution in [0.4, 0.5) is 0 Å². The van der Waals surface area contributed by atoms with E-state index in [1.807, 2.05) is 42.1 Å². The van der Waals surface area contributed by atoms with Gasteiger partial charge in [0, 0.05) is 33.6 Å². The average Bonchev–Trinajstić information content (AvgIpc) is 3.26. The Morgan fingerprint density at radius 3 is 2.73 bits per heavy atom. The number of carbonyl (C=O) groups excluding carboxylic acids is 1. The minimum atomic E-state index is -0.342. The van der Waals surface area contributed by atoms with E-state index in [-0.39, 0.29) is 12.4 Å². The largest absolute Gasteiger partial charge is 0.466 e. The maximum absolute atomic E-state index is 11.6. The van der Waals surface area contributed by atoms with Crippen LogP contribution in [0.5, 0.6) is 0 Å². The van der Waals surface area contributed by atoms with Crippen LogP contribution in [0.2, 0.25) is 10.0 Å². The van der Waals surface area contributed by atoms with Gasteiger partial charge in [0.05, 0.1) is 18.8 Å². The average molecular weight is 444 g/mol. The summed E-state index contributed by atoms with van der Waals surface area (Å²) in [4.78, 5) is 15.8. The lowest BCUT2D eigenvalue weighted by Gasteiger charge is -2.06. The Hall–Kier alpha value is -2.90. The normalized spacial score (nSPS) is 11.2. The first-order valence-corrected chi connectivity index (χ1v) is 10.2. The summed E-state index contributed by atoms with van der Waals surface area (Å²) in [6.45, 7) is 2.56. The number of halogens is 2. The second kappa shape index (κ2) is 8.45. The van der Waals surface area contributed by atoms with Crippen molar-refractivity contribution in [3.8, 4) is 11.1 Å². The van der Waals surface area contributed by atoms with E-state index in [1.54, 1.807) is 24.0 Å². The van der Waals surface area contributed by atoms with Crippen LogP contribution < -0.4 is 0 Å². The van der Waals surface area contributed by atoms with Crippen molar-refractivity contribution < 1.29 is 9.53 Å². The van der Waals surface area contributed by atoms with Crippen molar-refractivity contribution in [3.05, 3.63) is 64.3 Å². The lowest BCUT2D eigenvalue weighted by Crippen LogP contribution is -2.10. The van der Waals surface area contributed by atoms with Gasteiger partial charge in [-0.3, -0.25) is 9.48 Å². The number of hydrogen-bond donors (Lipinski definition) is 0. The second-order valence-corrected chi connectivity index (χ2v) is 7.58. The predicted molar refractivity (Wildman–Crippen MR) is 116 cm³/mol. The first kappa shape index (κ1) is 20.4. The molecule has 0 atom stereocenters. The number of ether oxygens (including phenoxy) is 1. The number of aromatic nitrogens is 5. The Kier molecular flexibility index (Phi) is 5.74. The van der Waals surface area contributed by atoms with Crippen LogP contribution in [-0.2, 0) is 29.5 Å². The van der Waals surface area contributed by atoms with Crippen LogP contribution in [0.3, 0.4) is 0 Å². The van der Waals surface area contributed by atoms with Gasteiger partial charge in [-0.05, 0) is 19.1 Å². The monoisotopic (exact) mass is 443 g/mol. The molecule has 7 nitrogen and oxygen atoms in total. The van der Waals surface area contributed by atoms with Crippen LogP contribution in [0.15, 0.2) is 42.7 Å². The molecular weight excluding hydrogens is 425 g/mol. The third-order valence-electron chi connectivity index (χ3n) is 4.71. The molecule has 0 bridgehead atoms. The van der Waals surface area contributed by atoms with Gasteiger partial charge in [-0.1, -0.05) is 47.5 Å². The molecular formula is C21H19Cl2N5O2. The summed E-state index contributed by atoms with van der Waals surface area (Å²) >= 11 is 12.5. The minimum Gasteiger partial charge on any atom is -0.466 e. The third kappa shape index (κ3) is 4.04. The van der Waals surface area contributed by atoms with Gasteiger partial charge in [0.25, 0.3) is 0 Å². The van der Waals surface area contributed by atoms with Crippen LogP contribution in [0.1, 0.15) is 18.4 Å². The van der Waals surface area contributed by atoms with E-state index in [2.05, 4.69) is 10.1 Å². The number of nitrogens with zero attached hydrogens (tertiary/aromatic N) is 5. The van der Waals surface area contributed by atoms with Crippen LogP contribution >= 0.6 is 23.2 Å². The van der Waals surface area contributed by atoms with Crippen molar-refractivity contribution in [2.24, 2.45) is 7.05 Å². The summed E-state index contributed by atoms with van der Waals surface area (Å²) in [5, 5.41) is 11.3. The Morgan fingerprint density at radius 2 is 1.97 bits per heavy atom. The van der Waals surface area contributed by atoms with Crippen molar-refractivity contribution in [1.82, 2.24) is 24.5 Å². The SMILES string of the molecule is CCOC(=O)Cc1ncn(Cc2c3cccc(-c4ccc(Cl)cc4Cl)c3nn2C)n1. The topological polar surface area (TPSA) is 74.8 Å². The number of rotatable bonds is 6. The molecule has 30 heavy (non-hydrogen) atoms. The van der Waals surface area contributed by atoms with Gasteiger partial charge in [0.2, 0.25) is 0 Å². The molecule has 0 radical (unpaired) electrons. The van der Waals surface area contributed by atoms with Crippen molar-refractivity contribution in [1.29, 1.82) is 0 Å². The molecule has 0 unspecified atom stereocenters. The van der Waals surface area contributed by atoms with Gasteiger partial charge in [-0.2, -0.15) is 10.2 Å². The summed E-state index contributed by atoms with van der Waals surface area (Å²) in [7, 11) is 1.89. The summed E-state index contributed by atoms with van der Waals surface area (Å²) in [6.07, 6.45) is 1.65. The van der Waals surface area contributed by atoms with E-state index < -0.39 is 0 Å². The second-order valence-electron chi connectivity index (χ2n) is 6.74. The van der Waals surface area contributed by atoms with E-state index >= 15 is 0 Å². The number of carbonyl (C=O) groups is 1. The third-order valence-corrected chi connectivity index (χ3v) is 5.26. The first-order chi connectivity index (χ1) is 14.5. The number of hydrogen-bond acceptors (Lipinski definition) is 5. The van der Waals surface area contributed by atoms with Gasteiger partial charge in [0.15, 0.2) is 5.82 Å². The van der Waals surface area contributed by atoms with Crippen molar-refractivity contribution >= 4 is 40.1 Å². The number of aryl methyl sites for hydroxylation is 1. The van der Waals surface area contributed by atoms with Gasteiger partial charge in [0.1, 0.15) is 18.3 Å². The van der Waals surface area contributed by atoms with E-state index in [0.717, 1.165) is 27.7 Å². The van der Waals surface area contributed by atoms with Gasteiger partial charge in [-0.25, -0.2) is 9.67 Å². The standard InChI is InChI=1S/C21H19Cl2N5O2/c1-3-30-20(29)10-19-24-12-28(25-19)11-18-16-6-4-5-15(21(16)26-27(18)2)14-8-7-13(22)9-17(14)23/h4-9,12H,3,10-11H2,1-2H3. The fourth-order valence-electron chi connectivity index (χ4n) is 3.37. The molecule has 0 saturated carbocycles. The fourth-order valence-corrected chi connectivity index (χ4v) is 3.88. The zero-order valence-electron chi connectivity index (χ0n) is 16.5. The molecule has 4 aromatic rings. The molecule has 0 aliphatic carbocycles. The molecule has 0 saturated heterocycles. The van der Waals surface area contributed by atoms with E-state index in [9.17, 15) is 4.79 Å². The van der Waals surface area contributed by atoms with Gasteiger partial charge < -0.3 is 4.74 Å². The first-order valence-electron chi connectivity index (χ1n) is 9.40. The van der Waals surface area contributed by atoms with Crippen LogP contribution in [0, 0.1) is 0 Å². The quantitative estimate of drug-likeness (QED) is 0.415. The predicted octanol–water partition coefficient (Wildman–Crippen LogP) is 4.29.